The van der Waals surface area contributed by atoms with Gasteiger partial charge in [0.05, 0.1) is 11.6 Å². The zero-order valence-electron chi connectivity index (χ0n) is 12.0. The maximum atomic E-state index is 8.89. The molecular weight excluding hydrogens is 252 g/mol. The molecule has 104 valence electrons. The fourth-order valence-electron chi connectivity index (χ4n) is 2.04. The summed E-state index contributed by atoms with van der Waals surface area (Å²) >= 11 is 1.93. The lowest BCUT2D eigenvalue weighted by atomic mass is 10.1. The minimum atomic E-state index is 0.319. The average molecular weight is 276 g/mol. The van der Waals surface area contributed by atoms with Crippen molar-refractivity contribution >= 4 is 11.8 Å². The highest BCUT2D eigenvalue weighted by molar-refractivity contribution is 7.98. The van der Waals surface area contributed by atoms with Crippen molar-refractivity contribution in [1.29, 1.82) is 5.26 Å². The lowest BCUT2D eigenvalue weighted by molar-refractivity contribution is 0.537. The topological polar surface area (TPSA) is 35.8 Å². The quantitative estimate of drug-likeness (QED) is 0.689. The fraction of sp³-hybridized carbons (Fsp3) is 0.562. The molecule has 0 saturated carbocycles. The lowest BCUT2D eigenvalue weighted by Crippen LogP contribution is -2.19. The summed E-state index contributed by atoms with van der Waals surface area (Å²) in [6.07, 6.45) is 7.37. The van der Waals surface area contributed by atoms with Crippen LogP contribution in [0.2, 0.25) is 0 Å². The molecule has 0 bridgehead atoms. The number of nitriles is 1. The standard InChI is InChI=1S/C16H24N2S/c1-14(16-9-7-8-15(12-16)13-17)18-10-5-3-4-6-11-19-2/h7-9,12,14,18H,3-6,10-11H2,1-2H3. The predicted octanol–water partition coefficient (Wildman–Crippen LogP) is 4.13. The van der Waals surface area contributed by atoms with Crippen molar-refractivity contribution in [2.24, 2.45) is 0 Å². The third-order valence-electron chi connectivity index (χ3n) is 3.24. The summed E-state index contributed by atoms with van der Waals surface area (Å²) in [5, 5.41) is 12.4. The molecule has 2 nitrogen and oxygen atoms in total. The number of thioether (sulfide) groups is 1. The highest BCUT2D eigenvalue weighted by Gasteiger charge is 2.04. The second-order valence-corrected chi connectivity index (χ2v) is 5.81. The zero-order chi connectivity index (χ0) is 13.9. The number of nitrogens with zero attached hydrogens (tertiary/aromatic N) is 1. The molecule has 1 N–H and O–H groups in total. The van der Waals surface area contributed by atoms with Gasteiger partial charge in [-0.25, -0.2) is 0 Å². The van der Waals surface area contributed by atoms with Gasteiger partial charge in [-0.05, 0) is 56.0 Å². The van der Waals surface area contributed by atoms with E-state index in [0.29, 0.717) is 6.04 Å². The van der Waals surface area contributed by atoms with Crippen LogP contribution in [-0.2, 0) is 0 Å². The number of unbranched alkanes of at least 4 members (excludes halogenated alkanes) is 3. The van der Waals surface area contributed by atoms with Crippen molar-refractivity contribution in [3.05, 3.63) is 35.4 Å². The summed E-state index contributed by atoms with van der Waals surface area (Å²) < 4.78 is 0. The minimum absolute atomic E-state index is 0.319. The molecule has 0 fully saturated rings. The van der Waals surface area contributed by atoms with E-state index in [9.17, 15) is 0 Å². The number of hydrogen-bond acceptors (Lipinski definition) is 3. The Hall–Kier alpha value is -0.980. The summed E-state index contributed by atoms with van der Waals surface area (Å²) in [5.74, 6) is 1.28. The van der Waals surface area contributed by atoms with Gasteiger partial charge in [-0.1, -0.05) is 25.0 Å². The predicted molar refractivity (Wildman–Crippen MR) is 84.4 cm³/mol. The molecule has 0 amide bonds. The Morgan fingerprint density at radius 1 is 1.26 bits per heavy atom. The van der Waals surface area contributed by atoms with Crippen LogP contribution >= 0.6 is 11.8 Å². The van der Waals surface area contributed by atoms with Crippen molar-refractivity contribution in [3.8, 4) is 6.07 Å². The van der Waals surface area contributed by atoms with Crippen molar-refractivity contribution in [3.63, 3.8) is 0 Å². The Balaban J connectivity index is 2.20. The SMILES string of the molecule is CSCCCCCCNC(C)c1cccc(C#N)c1. The second kappa shape index (κ2) is 9.89. The average Bonchev–Trinajstić information content (AvgIpc) is 2.46. The molecule has 0 aliphatic rings. The first-order valence-electron chi connectivity index (χ1n) is 7.00. The van der Waals surface area contributed by atoms with Crippen molar-refractivity contribution in [2.45, 2.75) is 38.6 Å². The lowest BCUT2D eigenvalue weighted by Gasteiger charge is -2.14. The molecule has 1 unspecified atom stereocenters. The van der Waals surface area contributed by atoms with Crippen molar-refractivity contribution in [2.75, 3.05) is 18.6 Å². The van der Waals surface area contributed by atoms with Crippen LogP contribution in [-0.4, -0.2) is 18.6 Å². The van der Waals surface area contributed by atoms with E-state index in [1.807, 2.05) is 30.0 Å². The number of benzene rings is 1. The molecule has 0 heterocycles. The van der Waals surface area contributed by atoms with Gasteiger partial charge in [0.2, 0.25) is 0 Å². The first kappa shape index (κ1) is 16.1. The summed E-state index contributed by atoms with van der Waals surface area (Å²) in [7, 11) is 0. The van der Waals surface area contributed by atoms with E-state index in [4.69, 9.17) is 5.26 Å². The van der Waals surface area contributed by atoms with E-state index < -0.39 is 0 Å². The van der Waals surface area contributed by atoms with Crippen LogP contribution in [0.3, 0.4) is 0 Å². The number of nitrogens with one attached hydrogen (secondary N) is 1. The fourth-order valence-corrected chi connectivity index (χ4v) is 2.53. The van der Waals surface area contributed by atoms with Gasteiger partial charge in [0.15, 0.2) is 0 Å². The van der Waals surface area contributed by atoms with Gasteiger partial charge in [-0.15, -0.1) is 0 Å². The maximum Gasteiger partial charge on any atom is 0.0991 e. The minimum Gasteiger partial charge on any atom is -0.310 e. The third kappa shape index (κ3) is 6.66. The van der Waals surface area contributed by atoms with E-state index >= 15 is 0 Å². The first-order valence-corrected chi connectivity index (χ1v) is 8.39. The number of hydrogen-bond donors (Lipinski definition) is 1. The molecule has 0 aliphatic carbocycles. The van der Waals surface area contributed by atoms with Crippen LogP contribution in [0.5, 0.6) is 0 Å². The Morgan fingerprint density at radius 2 is 2.05 bits per heavy atom. The molecule has 1 atom stereocenters. The van der Waals surface area contributed by atoms with E-state index in [2.05, 4.69) is 30.6 Å². The van der Waals surface area contributed by atoms with Gasteiger partial charge in [-0.3, -0.25) is 0 Å². The Labute approximate surface area is 121 Å². The smallest absolute Gasteiger partial charge is 0.0991 e. The maximum absolute atomic E-state index is 8.89. The Morgan fingerprint density at radius 3 is 2.79 bits per heavy atom. The van der Waals surface area contributed by atoms with Crippen LogP contribution in [0.25, 0.3) is 0 Å². The Bertz CT molecular complexity index is 398. The monoisotopic (exact) mass is 276 g/mol. The van der Waals surface area contributed by atoms with Gasteiger partial charge < -0.3 is 5.32 Å². The Kier molecular flexibility index (Phi) is 8.36. The highest BCUT2D eigenvalue weighted by Crippen LogP contribution is 2.14. The molecule has 1 aromatic carbocycles. The van der Waals surface area contributed by atoms with Gasteiger partial charge in [0, 0.05) is 6.04 Å². The van der Waals surface area contributed by atoms with Gasteiger partial charge in [0.25, 0.3) is 0 Å². The molecular formula is C16H24N2S. The van der Waals surface area contributed by atoms with E-state index in [1.165, 1.54) is 37.0 Å². The molecule has 0 saturated heterocycles. The van der Waals surface area contributed by atoms with Gasteiger partial charge >= 0.3 is 0 Å². The van der Waals surface area contributed by atoms with Crippen LogP contribution in [0.1, 0.15) is 49.8 Å². The molecule has 19 heavy (non-hydrogen) atoms. The normalized spacial score (nSPS) is 12.1. The zero-order valence-corrected chi connectivity index (χ0v) is 12.8. The van der Waals surface area contributed by atoms with E-state index in [-0.39, 0.29) is 0 Å². The summed E-state index contributed by atoms with van der Waals surface area (Å²) in [4.78, 5) is 0. The largest absolute Gasteiger partial charge is 0.310 e. The van der Waals surface area contributed by atoms with Crippen LogP contribution in [0.4, 0.5) is 0 Å². The van der Waals surface area contributed by atoms with Crippen molar-refractivity contribution < 1.29 is 0 Å². The van der Waals surface area contributed by atoms with E-state index in [1.54, 1.807) is 0 Å². The molecule has 0 spiro atoms. The first-order chi connectivity index (χ1) is 9.27. The van der Waals surface area contributed by atoms with Crippen molar-refractivity contribution in [1.82, 2.24) is 5.32 Å². The van der Waals surface area contributed by atoms with Crippen LogP contribution in [0, 0.1) is 11.3 Å². The second-order valence-electron chi connectivity index (χ2n) is 4.82. The molecule has 0 radical (unpaired) electrons. The van der Waals surface area contributed by atoms with Gasteiger partial charge in [0.1, 0.15) is 0 Å². The summed E-state index contributed by atoms with van der Waals surface area (Å²) in [6, 6.07) is 10.4. The van der Waals surface area contributed by atoms with Crippen LogP contribution < -0.4 is 5.32 Å². The summed E-state index contributed by atoms with van der Waals surface area (Å²) in [5.41, 5.74) is 1.93. The van der Waals surface area contributed by atoms with E-state index in [0.717, 1.165) is 12.1 Å². The third-order valence-corrected chi connectivity index (χ3v) is 3.94. The highest BCUT2D eigenvalue weighted by atomic mass is 32.2. The van der Waals surface area contributed by atoms with Crippen LogP contribution in [0.15, 0.2) is 24.3 Å². The number of rotatable bonds is 9. The molecule has 1 aromatic rings. The molecule has 3 heteroatoms. The molecule has 1 rings (SSSR count). The molecule has 0 aliphatic heterocycles. The van der Waals surface area contributed by atoms with Gasteiger partial charge in [-0.2, -0.15) is 17.0 Å². The summed E-state index contributed by atoms with van der Waals surface area (Å²) in [6.45, 7) is 3.21. The molecule has 0 aromatic heterocycles.